The van der Waals surface area contributed by atoms with Gasteiger partial charge in [-0.1, -0.05) is 33.3 Å². The molecule has 0 aromatic rings. The number of hydrogen-bond acceptors (Lipinski definition) is 6. The molecular formula is C32H46O8. The Morgan fingerprint density at radius 2 is 1.52 bits per heavy atom. The van der Waals surface area contributed by atoms with Crippen LogP contribution in [0.2, 0.25) is 0 Å². The molecule has 5 aliphatic carbocycles. The number of methoxy groups -OCH3 is 1. The zero-order valence-corrected chi connectivity index (χ0v) is 25.1. The fourth-order valence-corrected chi connectivity index (χ4v) is 10.7. The summed E-state index contributed by atoms with van der Waals surface area (Å²) in [5.74, 6) is -2.43. The number of allylic oxidation sites excluding steroid dienone is 2. The van der Waals surface area contributed by atoms with Gasteiger partial charge in [0, 0.05) is 5.92 Å². The van der Waals surface area contributed by atoms with Crippen LogP contribution in [0, 0.1) is 50.2 Å². The Morgan fingerprint density at radius 1 is 0.875 bits per heavy atom. The van der Waals surface area contributed by atoms with Crippen LogP contribution in [0.15, 0.2) is 11.6 Å². The predicted molar refractivity (Wildman–Crippen MR) is 146 cm³/mol. The molecule has 222 valence electrons. The Hall–Kier alpha value is -2.38. The summed E-state index contributed by atoms with van der Waals surface area (Å²) in [5.41, 5.74) is -2.35. The van der Waals surface area contributed by atoms with Gasteiger partial charge in [0.15, 0.2) is 5.78 Å². The fraction of sp³-hybridized carbons (Fsp3) is 0.812. The van der Waals surface area contributed by atoms with Crippen molar-refractivity contribution in [1.29, 1.82) is 0 Å². The maximum absolute atomic E-state index is 14.4. The van der Waals surface area contributed by atoms with Gasteiger partial charge in [-0.25, -0.2) is 4.79 Å². The quantitative estimate of drug-likeness (QED) is 0.388. The van der Waals surface area contributed by atoms with E-state index in [4.69, 9.17) is 9.47 Å². The molecule has 10 atom stereocenters. The summed E-state index contributed by atoms with van der Waals surface area (Å²) in [6.07, 6.45) is 6.29. The molecule has 4 fully saturated rings. The van der Waals surface area contributed by atoms with Crippen molar-refractivity contribution in [2.24, 2.45) is 50.2 Å². The van der Waals surface area contributed by atoms with Gasteiger partial charge in [0.25, 0.3) is 0 Å². The molecule has 8 nitrogen and oxygen atoms in total. The molecule has 4 saturated carbocycles. The maximum atomic E-state index is 14.4. The van der Waals surface area contributed by atoms with Crippen LogP contribution in [0.1, 0.15) is 99.3 Å². The van der Waals surface area contributed by atoms with Gasteiger partial charge < -0.3 is 19.7 Å². The van der Waals surface area contributed by atoms with Crippen molar-refractivity contribution in [3.63, 3.8) is 0 Å². The monoisotopic (exact) mass is 558 g/mol. The van der Waals surface area contributed by atoms with E-state index >= 15 is 0 Å². The molecule has 2 N–H and O–H groups in total. The number of aliphatic carboxylic acids is 2. The van der Waals surface area contributed by atoms with Gasteiger partial charge in [-0.3, -0.25) is 14.4 Å². The number of hydrogen-bond donors (Lipinski definition) is 2. The van der Waals surface area contributed by atoms with Crippen molar-refractivity contribution in [2.75, 3.05) is 7.11 Å². The molecule has 0 bridgehead atoms. The third-order valence-electron chi connectivity index (χ3n) is 13.6. The van der Waals surface area contributed by atoms with E-state index in [9.17, 15) is 29.4 Å². The van der Waals surface area contributed by atoms with Gasteiger partial charge in [0.05, 0.1) is 12.5 Å². The number of carboxylic acid groups (broad SMARTS) is 2. The van der Waals surface area contributed by atoms with Crippen LogP contribution in [-0.2, 0) is 23.9 Å². The number of fused-ring (bicyclic) bond motifs is 7. The molecule has 8 heteroatoms. The molecule has 0 amide bonds. The normalized spacial score (nSPS) is 49.8. The van der Waals surface area contributed by atoms with E-state index in [1.165, 1.54) is 7.11 Å². The molecule has 0 aromatic carbocycles. The predicted octanol–water partition coefficient (Wildman–Crippen LogP) is 6.27. The first-order valence-electron chi connectivity index (χ1n) is 14.9. The standard InChI is InChI=1S/C32H46O8/c1-27-12-13-28(2,24(34)35)17-19(27)18-16-20(33)23-29(3)10-9-22(40-26(38)39-7)32(6,25(36)37)21(29)8-11-31(23,5)30(18,4)15-14-27/h16,19,21-23H,8-15,17H2,1-7H3,(H,34,35)(H,36,37)/t19-,21+,22-,23+,27+,28-,29-,30+,31+,32-/m0/s1. The summed E-state index contributed by atoms with van der Waals surface area (Å²) in [7, 11) is 1.21. The maximum Gasteiger partial charge on any atom is 0.508 e. The van der Waals surface area contributed by atoms with E-state index in [0.717, 1.165) is 24.8 Å². The molecule has 0 unspecified atom stereocenters. The lowest BCUT2D eigenvalue weighted by Crippen LogP contribution is -2.68. The molecule has 0 saturated heterocycles. The second-order valence-electron chi connectivity index (χ2n) is 15.2. The van der Waals surface area contributed by atoms with Crippen LogP contribution in [0.3, 0.4) is 0 Å². The molecule has 0 radical (unpaired) electrons. The molecule has 5 aliphatic rings. The fourth-order valence-electron chi connectivity index (χ4n) is 10.7. The van der Waals surface area contributed by atoms with Crippen LogP contribution in [0.5, 0.6) is 0 Å². The highest BCUT2D eigenvalue weighted by molar-refractivity contribution is 5.96. The van der Waals surface area contributed by atoms with E-state index in [1.54, 1.807) is 6.92 Å². The lowest BCUT2D eigenvalue weighted by atomic mass is 9.33. The minimum atomic E-state index is -1.36. The number of ketones is 1. The van der Waals surface area contributed by atoms with Crippen LogP contribution in [0.25, 0.3) is 0 Å². The lowest BCUT2D eigenvalue weighted by molar-refractivity contribution is -0.216. The summed E-state index contributed by atoms with van der Waals surface area (Å²) in [4.78, 5) is 51.7. The summed E-state index contributed by atoms with van der Waals surface area (Å²) in [6.45, 7) is 12.4. The molecule has 0 heterocycles. The van der Waals surface area contributed by atoms with Crippen molar-refractivity contribution in [3.8, 4) is 0 Å². The van der Waals surface area contributed by atoms with Gasteiger partial charge in [0.2, 0.25) is 0 Å². The smallest absolute Gasteiger partial charge is 0.481 e. The number of carbonyl (C=O) groups is 4. The SMILES string of the molecule is COC(=O)O[C@H]1CC[C@@]2(C)[C@@H](CC[C@]3(C)[C@@H]2C(=O)C=C2[C@@H]4C[C@@](C)(C(=O)O)CC[C@]4(C)CC[C@]23C)[C@]1(C)C(=O)O. The Bertz CT molecular complexity index is 1190. The zero-order valence-electron chi connectivity index (χ0n) is 25.1. The Morgan fingerprint density at radius 3 is 2.12 bits per heavy atom. The van der Waals surface area contributed by atoms with Crippen molar-refractivity contribution in [2.45, 2.75) is 105 Å². The van der Waals surface area contributed by atoms with Crippen molar-refractivity contribution < 1.29 is 38.9 Å². The van der Waals surface area contributed by atoms with Crippen molar-refractivity contribution in [3.05, 3.63) is 11.6 Å². The summed E-state index contributed by atoms with van der Waals surface area (Å²) >= 11 is 0. The number of rotatable bonds is 3. The third-order valence-corrected chi connectivity index (χ3v) is 13.6. The van der Waals surface area contributed by atoms with E-state index in [-0.39, 0.29) is 34.4 Å². The topological polar surface area (TPSA) is 127 Å². The minimum absolute atomic E-state index is 0.0295. The average molecular weight is 559 g/mol. The lowest BCUT2D eigenvalue weighted by Gasteiger charge is -2.70. The van der Waals surface area contributed by atoms with Gasteiger partial charge in [-0.05, 0) is 111 Å². The first-order valence-corrected chi connectivity index (χ1v) is 14.9. The van der Waals surface area contributed by atoms with Gasteiger partial charge in [-0.15, -0.1) is 0 Å². The molecule has 40 heavy (non-hydrogen) atoms. The number of carbonyl (C=O) groups excluding carboxylic acids is 2. The molecule has 0 aliphatic heterocycles. The highest BCUT2D eigenvalue weighted by Crippen LogP contribution is 2.75. The third kappa shape index (κ3) is 3.55. The number of carboxylic acids is 2. The molecule has 5 rings (SSSR count). The van der Waals surface area contributed by atoms with Gasteiger partial charge in [0.1, 0.15) is 11.5 Å². The second-order valence-corrected chi connectivity index (χ2v) is 15.2. The summed E-state index contributed by atoms with van der Waals surface area (Å²) < 4.78 is 10.2. The van der Waals surface area contributed by atoms with Crippen LogP contribution < -0.4 is 0 Å². The highest BCUT2D eigenvalue weighted by atomic mass is 16.7. The highest BCUT2D eigenvalue weighted by Gasteiger charge is 2.72. The summed E-state index contributed by atoms with van der Waals surface area (Å²) in [5, 5.41) is 20.6. The van der Waals surface area contributed by atoms with E-state index in [2.05, 4.69) is 27.7 Å². The van der Waals surface area contributed by atoms with Gasteiger partial charge >= 0.3 is 18.1 Å². The first-order chi connectivity index (χ1) is 18.4. The van der Waals surface area contributed by atoms with E-state index in [0.29, 0.717) is 38.5 Å². The van der Waals surface area contributed by atoms with Crippen LogP contribution in [-0.4, -0.2) is 47.3 Å². The Kier molecular flexibility index (Phi) is 6.41. The molecular weight excluding hydrogens is 512 g/mol. The largest absolute Gasteiger partial charge is 0.508 e. The van der Waals surface area contributed by atoms with Gasteiger partial charge in [-0.2, -0.15) is 0 Å². The van der Waals surface area contributed by atoms with Crippen LogP contribution in [0.4, 0.5) is 4.79 Å². The summed E-state index contributed by atoms with van der Waals surface area (Å²) in [6, 6.07) is 0. The van der Waals surface area contributed by atoms with E-state index < -0.39 is 45.9 Å². The first kappa shape index (κ1) is 29.1. The van der Waals surface area contributed by atoms with Crippen molar-refractivity contribution >= 4 is 23.9 Å². The Labute approximate surface area is 237 Å². The second kappa shape index (κ2) is 8.81. The number of ether oxygens (including phenoxy) is 2. The van der Waals surface area contributed by atoms with Crippen LogP contribution >= 0.6 is 0 Å². The molecule has 0 spiro atoms. The molecule has 0 aromatic heterocycles. The minimum Gasteiger partial charge on any atom is -0.481 e. The Balaban J connectivity index is 1.59. The zero-order chi connectivity index (χ0) is 29.7. The van der Waals surface area contributed by atoms with E-state index in [1.807, 2.05) is 13.0 Å². The average Bonchev–Trinajstić information content (AvgIpc) is 2.87. The van der Waals surface area contributed by atoms with Crippen molar-refractivity contribution in [1.82, 2.24) is 0 Å².